The van der Waals surface area contributed by atoms with Gasteiger partial charge in [-0.15, -0.1) is 6.58 Å². The summed E-state index contributed by atoms with van der Waals surface area (Å²) >= 11 is 6.43. The fourth-order valence-corrected chi connectivity index (χ4v) is 6.32. The van der Waals surface area contributed by atoms with Gasteiger partial charge in [-0.25, -0.2) is 0 Å². The number of carbonyl (C=O) groups excluding carboxylic acids is 2. The summed E-state index contributed by atoms with van der Waals surface area (Å²) in [5, 5.41) is 20.6. The van der Waals surface area contributed by atoms with Crippen molar-refractivity contribution in [3.63, 3.8) is 0 Å². The van der Waals surface area contributed by atoms with E-state index in [0.717, 1.165) is 0 Å². The van der Waals surface area contributed by atoms with Gasteiger partial charge in [0.1, 0.15) is 11.6 Å². The quantitative estimate of drug-likeness (QED) is 0.515. The number of aliphatic hydroxyl groups excluding tert-OH is 1. The number of likely N-dealkylation sites (tertiary alicyclic amines) is 1. The Morgan fingerprint density at radius 2 is 2.12 bits per heavy atom. The Morgan fingerprint density at radius 3 is 2.71 bits per heavy atom. The van der Waals surface area contributed by atoms with E-state index in [-0.39, 0.29) is 19.1 Å². The molecule has 0 unspecified atom stereocenters. The molecule has 3 aliphatic heterocycles. The van der Waals surface area contributed by atoms with Crippen LogP contribution < -0.4 is 4.90 Å². The number of carbonyl (C=O) groups is 3. The molecule has 1 aromatic carbocycles. The van der Waals surface area contributed by atoms with Gasteiger partial charge < -0.3 is 24.7 Å². The number of aliphatic hydroxyl groups is 1. The van der Waals surface area contributed by atoms with Crippen molar-refractivity contribution in [3.05, 3.63) is 41.9 Å². The molecule has 1 spiro atoms. The second kappa shape index (κ2) is 9.32. The van der Waals surface area contributed by atoms with Crippen molar-refractivity contribution in [1.29, 1.82) is 0 Å². The van der Waals surface area contributed by atoms with E-state index in [0.29, 0.717) is 30.0 Å². The lowest BCUT2D eigenvalue weighted by atomic mass is 9.70. The molecule has 4 rings (SSSR count). The molecule has 1 aromatic rings. The van der Waals surface area contributed by atoms with E-state index < -0.39 is 53.4 Å². The Balaban J connectivity index is 1.86. The molecule has 0 saturated carbocycles. The molecule has 0 aliphatic carbocycles. The summed E-state index contributed by atoms with van der Waals surface area (Å²) < 4.78 is 6.26. The van der Waals surface area contributed by atoms with Crippen molar-refractivity contribution in [2.75, 3.05) is 18.1 Å². The van der Waals surface area contributed by atoms with Gasteiger partial charge in [0.15, 0.2) is 0 Å². The molecule has 7 atom stereocenters. The summed E-state index contributed by atoms with van der Waals surface area (Å²) in [6, 6.07) is 5.17. The van der Waals surface area contributed by atoms with Gasteiger partial charge in [0.05, 0.1) is 41.3 Å². The van der Waals surface area contributed by atoms with E-state index in [1.54, 1.807) is 30.3 Å². The third kappa shape index (κ3) is 3.54. The molecular formula is C25H31ClN2O6. The number of anilines is 1. The number of benzene rings is 1. The first-order chi connectivity index (χ1) is 16.2. The third-order valence-electron chi connectivity index (χ3n) is 7.82. The number of rotatable bonds is 9. The predicted molar refractivity (Wildman–Crippen MR) is 126 cm³/mol. The van der Waals surface area contributed by atoms with E-state index in [1.807, 2.05) is 13.8 Å². The number of para-hydroxylation sites is 1. The predicted octanol–water partition coefficient (Wildman–Crippen LogP) is 2.73. The Hall–Kier alpha value is -2.42. The van der Waals surface area contributed by atoms with Crippen LogP contribution >= 0.6 is 11.6 Å². The van der Waals surface area contributed by atoms with Crippen molar-refractivity contribution in [2.45, 2.75) is 56.9 Å². The number of nitrogens with zero attached hydrogens (tertiary/aromatic N) is 2. The maximum Gasteiger partial charge on any atom is 0.310 e. The molecule has 2 amide bonds. The normalized spacial score (nSPS) is 31.3. The number of ether oxygens (including phenoxy) is 1. The molecule has 9 heteroatoms. The van der Waals surface area contributed by atoms with E-state index in [4.69, 9.17) is 16.3 Å². The van der Waals surface area contributed by atoms with Gasteiger partial charge in [0.2, 0.25) is 5.91 Å². The molecule has 3 aliphatic rings. The number of fused-ring (bicyclic) bond motifs is 1. The van der Waals surface area contributed by atoms with E-state index >= 15 is 0 Å². The van der Waals surface area contributed by atoms with Crippen LogP contribution in [0.1, 0.15) is 33.1 Å². The summed E-state index contributed by atoms with van der Waals surface area (Å²) in [5.74, 6) is -4.08. The molecule has 184 valence electrons. The van der Waals surface area contributed by atoms with Crippen LogP contribution in [0.3, 0.4) is 0 Å². The number of hydrogen-bond donors (Lipinski definition) is 2. The minimum atomic E-state index is -1.26. The molecule has 34 heavy (non-hydrogen) atoms. The Labute approximate surface area is 204 Å². The highest BCUT2D eigenvalue weighted by Crippen LogP contribution is 2.59. The number of hydrogen-bond acceptors (Lipinski definition) is 5. The van der Waals surface area contributed by atoms with Crippen LogP contribution in [-0.2, 0) is 19.1 Å². The average molecular weight is 491 g/mol. The van der Waals surface area contributed by atoms with Crippen LogP contribution in [-0.4, -0.2) is 69.8 Å². The first-order valence-electron chi connectivity index (χ1n) is 11.7. The number of halogens is 1. The Kier molecular flexibility index (Phi) is 6.77. The van der Waals surface area contributed by atoms with E-state index in [2.05, 4.69) is 6.58 Å². The van der Waals surface area contributed by atoms with Gasteiger partial charge in [0.25, 0.3) is 5.91 Å². The number of amides is 2. The molecule has 3 saturated heterocycles. The average Bonchev–Trinajstić information content (AvgIpc) is 3.46. The molecule has 3 heterocycles. The number of carboxylic acid groups (broad SMARTS) is 1. The largest absolute Gasteiger partial charge is 0.481 e. The first kappa shape index (κ1) is 24.7. The van der Waals surface area contributed by atoms with E-state index in [1.165, 1.54) is 9.80 Å². The van der Waals surface area contributed by atoms with Crippen LogP contribution in [0.25, 0.3) is 0 Å². The smallest absolute Gasteiger partial charge is 0.310 e. The van der Waals surface area contributed by atoms with Gasteiger partial charge in [-0.1, -0.05) is 50.1 Å². The van der Waals surface area contributed by atoms with Crippen LogP contribution in [0.15, 0.2) is 36.9 Å². The number of carboxylic acids is 1. The summed E-state index contributed by atoms with van der Waals surface area (Å²) in [6.07, 6.45) is 2.48. The lowest BCUT2D eigenvalue weighted by Gasteiger charge is -2.41. The highest BCUT2D eigenvalue weighted by atomic mass is 35.5. The molecule has 0 radical (unpaired) electrons. The number of aliphatic carboxylic acids is 1. The SMILES string of the molecule is C=CCN(C(=O)[C@H]1N([C@@H](CO)[C@@H](C)CC)C(=O)[C@@H]2[C@@H](C(=O)O)[C@H]3CC[C@]21O3)c1ccccc1Cl. The Bertz CT molecular complexity index is 1000. The summed E-state index contributed by atoms with van der Waals surface area (Å²) in [5.41, 5.74) is -0.795. The Morgan fingerprint density at radius 1 is 1.41 bits per heavy atom. The minimum Gasteiger partial charge on any atom is -0.481 e. The molecule has 2 N–H and O–H groups in total. The van der Waals surface area contributed by atoms with Crippen molar-refractivity contribution in [1.82, 2.24) is 4.90 Å². The zero-order valence-electron chi connectivity index (χ0n) is 19.4. The van der Waals surface area contributed by atoms with Crippen molar-refractivity contribution < 1.29 is 29.3 Å². The molecule has 8 nitrogen and oxygen atoms in total. The maximum atomic E-state index is 14.3. The summed E-state index contributed by atoms with van der Waals surface area (Å²) in [6.45, 7) is 7.42. The standard InChI is InChI=1S/C25H31ClN2O6/c1-4-12-27(16-9-7-6-8-15(16)26)23(31)21-25-11-10-18(34-25)19(24(32)33)20(25)22(30)28(21)17(13-29)14(3)5-2/h4,6-9,14,17-21,29H,1,5,10-13H2,2-3H3,(H,32,33)/t14-,17-,18+,19-,20-,21+,25-/m0/s1. The zero-order valence-corrected chi connectivity index (χ0v) is 20.1. The molecule has 0 aromatic heterocycles. The minimum absolute atomic E-state index is 0.117. The highest BCUT2D eigenvalue weighted by molar-refractivity contribution is 6.34. The van der Waals surface area contributed by atoms with Crippen LogP contribution in [0.4, 0.5) is 5.69 Å². The summed E-state index contributed by atoms with van der Waals surface area (Å²) in [4.78, 5) is 43.2. The van der Waals surface area contributed by atoms with Crippen molar-refractivity contribution in [3.8, 4) is 0 Å². The monoisotopic (exact) mass is 490 g/mol. The zero-order chi connectivity index (χ0) is 24.8. The summed E-state index contributed by atoms with van der Waals surface area (Å²) in [7, 11) is 0. The lowest BCUT2D eigenvalue weighted by molar-refractivity contribution is -0.151. The van der Waals surface area contributed by atoms with Crippen molar-refractivity contribution in [2.24, 2.45) is 17.8 Å². The lowest BCUT2D eigenvalue weighted by Crippen LogP contribution is -2.60. The molecular weight excluding hydrogens is 460 g/mol. The van der Waals surface area contributed by atoms with Gasteiger partial charge in [-0.2, -0.15) is 0 Å². The fraction of sp³-hybridized carbons (Fsp3) is 0.560. The topological polar surface area (TPSA) is 107 Å². The van der Waals surface area contributed by atoms with Crippen molar-refractivity contribution >= 4 is 35.1 Å². The maximum absolute atomic E-state index is 14.3. The second-order valence-electron chi connectivity index (χ2n) is 9.46. The first-order valence-corrected chi connectivity index (χ1v) is 12.1. The van der Waals surface area contributed by atoms with Crippen LogP contribution in [0.5, 0.6) is 0 Å². The van der Waals surface area contributed by atoms with Crippen LogP contribution in [0.2, 0.25) is 5.02 Å². The van der Waals surface area contributed by atoms with Gasteiger partial charge >= 0.3 is 5.97 Å². The van der Waals surface area contributed by atoms with E-state index in [9.17, 15) is 24.6 Å². The van der Waals surface area contributed by atoms with Gasteiger partial charge in [-0.3, -0.25) is 14.4 Å². The third-order valence-corrected chi connectivity index (χ3v) is 8.14. The molecule has 2 bridgehead atoms. The second-order valence-corrected chi connectivity index (χ2v) is 9.87. The van der Waals surface area contributed by atoms with Crippen LogP contribution in [0, 0.1) is 17.8 Å². The van der Waals surface area contributed by atoms with Gasteiger partial charge in [-0.05, 0) is 30.9 Å². The van der Waals surface area contributed by atoms with Gasteiger partial charge in [0, 0.05) is 6.54 Å². The highest BCUT2D eigenvalue weighted by Gasteiger charge is 2.75. The fourth-order valence-electron chi connectivity index (χ4n) is 6.08. The molecule has 3 fully saturated rings.